The van der Waals surface area contributed by atoms with Crippen LogP contribution in [0.4, 0.5) is 11.4 Å². The molecule has 0 radical (unpaired) electrons. The normalized spacial score (nSPS) is 15.5. The highest BCUT2D eigenvalue weighted by Crippen LogP contribution is 2.43. The summed E-state index contributed by atoms with van der Waals surface area (Å²) >= 11 is 0. The predicted molar refractivity (Wildman–Crippen MR) is 112 cm³/mol. The highest BCUT2D eigenvalue weighted by molar-refractivity contribution is 5.87. The van der Waals surface area contributed by atoms with Crippen LogP contribution in [0.15, 0.2) is 72.8 Å². The number of rotatable bonds is 2. The van der Waals surface area contributed by atoms with Gasteiger partial charge in [0, 0.05) is 38.1 Å². The summed E-state index contributed by atoms with van der Waals surface area (Å²) in [5, 5.41) is 0. The van der Waals surface area contributed by atoms with Gasteiger partial charge in [-0.1, -0.05) is 36.4 Å². The number of fused-ring (bicyclic) bond motifs is 5. The Hall–Kier alpha value is -3.27. The van der Waals surface area contributed by atoms with Gasteiger partial charge in [-0.15, -0.1) is 0 Å². The van der Waals surface area contributed by atoms with E-state index < -0.39 is 0 Å². The number of nitrogens with zero attached hydrogens (tertiary/aromatic N) is 4. The minimum absolute atomic E-state index is 0.0681. The lowest BCUT2D eigenvalue weighted by molar-refractivity contribution is 0.582. The molecule has 0 unspecified atom stereocenters. The molecule has 27 heavy (non-hydrogen) atoms. The van der Waals surface area contributed by atoms with Gasteiger partial charge in [-0.25, -0.2) is 4.98 Å². The number of hydrogen-bond acceptors (Lipinski definition) is 3. The average molecular weight is 354 g/mol. The summed E-state index contributed by atoms with van der Waals surface area (Å²) in [7, 11) is 6.31. The van der Waals surface area contributed by atoms with Crippen molar-refractivity contribution in [3.63, 3.8) is 0 Å². The molecule has 3 aromatic carbocycles. The SMILES string of the molecule is CN(C)c1ccc([C@@H]2N(C)c3ccccc3-c3nc4ccccc4n32)cc1. The highest BCUT2D eigenvalue weighted by atomic mass is 15.3. The Balaban J connectivity index is 1.77. The molecular formula is C23H22N4. The van der Waals surface area contributed by atoms with Crippen LogP contribution in [0.25, 0.3) is 22.4 Å². The van der Waals surface area contributed by atoms with Gasteiger partial charge < -0.3 is 9.80 Å². The molecule has 0 spiro atoms. The van der Waals surface area contributed by atoms with Gasteiger partial charge in [-0.2, -0.15) is 0 Å². The molecule has 4 aromatic rings. The quantitative estimate of drug-likeness (QED) is 0.518. The van der Waals surface area contributed by atoms with Gasteiger partial charge >= 0.3 is 0 Å². The number of para-hydroxylation sites is 3. The third-order valence-electron chi connectivity index (χ3n) is 5.44. The molecule has 1 aliphatic heterocycles. The van der Waals surface area contributed by atoms with Crippen LogP contribution < -0.4 is 9.80 Å². The fraction of sp³-hybridized carbons (Fsp3) is 0.174. The Kier molecular flexibility index (Phi) is 3.47. The van der Waals surface area contributed by atoms with E-state index in [4.69, 9.17) is 4.98 Å². The lowest BCUT2D eigenvalue weighted by atomic mass is 10.0. The average Bonchev–Trinajstić information content (AvgIpc) is 3.08. The van der Waals surface area contributed by atoms with Crippen molar-refractivity contribution in [2.24, 2.45) is 0 Å². The molecule has 0 aliphatic carbocycles. The van der Waals surface area contributed by atoms with E-state index in [0.717, 1.165) is 16.9 Å². The zero-order valence-electron chi connectivity index (χ0n) is 15.8. The van der Waals surface area contributed by atoms with E-state index in [9.17, 15) is 0 Å². The van der Waals surface area contributed by atoms with Crippen molar-refractivity contribution in [2.45, 2.75) is 6.17 Å². The number of aromatic nitrogens is 2. The van der Waals surface area contributed by atoms with E-state index in [0.29, 0.717) is 0 Å². The van der Waals surface area contributed by atoms with Crippen LogP contribution in [0, 0.1) is 0 Å². The van der Waals surface area contributed by atoms with Gasteiger partial charge in [0.15, 0.2) is 0 Å². The Bertz CT molecular complexity index is 1120. The molecular weight excluding hydrogens is 332 g/mol. The van der Waals surface area contributed by atoms with E-state index in [1.54, 1.807) is 0 Å². The van der Waals surface area contributed by atoms with E-state index in [1.165, 1.54) is 22.5 Å². The van der Waals surface area contributed by atoms with Crippen molar-refractivity contribution in [3.05, 3.63) is 78.4 Å². The van der Waals surface area contributed by atoms with Gasteiger partial charge in [0.2, 0.25) is 0 Å². The Labute approximate surface area is 159 Å². The van der Waals surface area contributed by atoms with Crippen LogP contribution in [0.5, 0.6) is 0 Å². The maximum atomic E-state index is 4.98. The number of hydrogen-bond donors (Lipinski definition) is 0. The standard InChI is InChI=1S/C23H22N4/c1-25(2)17-14-12-16(13-15-17)23-26(3)20-10-6-4-8-18(20)22-24-19-9-5-7-11-21(19)27(22)23/h4-15,23H,1-3H3/t23-/m1/s1. The second-order valence-electron chi connectivity index (χ2n) is 7.28. The van der Waals surface area contributed by atoms with Gasteiger partial charge in [0.05, 0.1) is 11.0 Å². The maximum absolute atomic E-state index is 4.98. The third kappa shape index (κ3) is 2.33. The molecule has 0 saturated heterocycles. The molecule has 1 aromatic heterocycles. The zero-order chi connectivity index (χ0) is 18.5. The Morgan fingerprint density at radius 2 is 1.56 bits per heavy atom. The molecule has 0 bridgehead atoms. The minimum atomic E-state index is 0.0681. The smallest absolute Gasteiger partial charge is 0.145 e. The molecule has 134 valence electrons. The van der Waals surface area contributed by atoms with Gasteiger partial charge in [0.25, 0.3) is 0 Å². The molecule has 1 atom stereocenters. The van der Waals surface area contributed by atoms with Crippen LogP contribution in [0.1, 0.15) is 11.7 Å². The van der Waals surface area contributed by atoms with Crippen molar-refractivity contribution in [3.8, 4) is 11.4 Å². The number of imidazole rings is 1. The summed E-state index contributed by atoms with van der Waals surface area (Å²) in [4.78, 5) is 9.45. The fourth-order valence-electron chi connectivity index (χ4n) is 4.07. The van der Waals surface area contributed by atoms with E-state index in [-0.39, 0.29) is 6.17 Å². The maximum Gasteiger partial charge on any atom is 0.145 e. The lowest BCUT2D eigenvalue weighted by Gasteiger charge is -2.38. The van der Waals surface area contributed by atoms with Crippen LogP contribution >= 0.6 is 0 Å². The summed E-state index contributed by atoms with van der Waals surface area (Å²) in [6.07, 6.45) is 0.0681. The van der Waals surface area contributed by atoms with Crippen molar-refractivity contribution in [1.82, 2.24) is 9.55 Å². The first-order valence-electron chi connectivity index (χ1n) is 9.21. The van der Waals surface area contributed by atoms with E-state index >= 15 is 0 Å². The van der Waals surface area contributed by atoms with Crippen LogP contribution in [0.3, 0.4) is 0 Å². The molecule has 0 fully saturated rings. The second-order valence-corrected chi connectivity index (χ2v) is 7.28. The van der Waals surface area contributed by atoms with Crippen molar-refractivity contribution in [1.29, 1.82) is 0 Å². The summed E-state index contributed by atoms with van der Waals surface area (Å²) in [5.74, 6) is 1.03. The first kappa shape index (κ1) is 15.9. The molecule has 4 heteroatoms. The second kappa shape index (κ2) is 5.88. The highest BCUT2D eigenvalue weighted by Gasteiger charge is 2.32. The molecule has 2 heterocycles. The number of benzene rings is 3. The molecule has 0 N–H and O–H groups in total. The minimum Gasteiger partial charge on any atom is -0.378 e. The Morgan fingerprint density at radius 1 is 0.852 bits per heavy atom. The summed E-state index contributed by atoms with van der Waals surface area (Å²) in [5.41, 5.74) is 7.04. The lowest BCUT2D eigenvalue weighted by Crippen LogP contribution is -2.34. The molecule has 0 saturated carbocycles. The first-order chi connectivity index (χ1) is 13.1. The van der Waals surface area contributed by atoms with Crippen molar-refractivity contribution in [2.75, 3.05) is 30.9 Å². The molecule has 1 aliphatic rings. The van der Waals surface area contributed by atoms with Crippen LogP contribution in [0.2, 0.25) is 0 Å². The Morgan fingerprint density at radius 3 is 2.33 bits per heavy atom. The fourth-order valence-corrected chi connectivity index (χ4v) is 4.07. The number of anilines is 2. The summed E-state index contributed by atoms with van der Waals surface area (Å²) < 4.78 is 2.36. The summed E-state index contributed by atoms with van der Waals surface area (Å²) in [6.45, 7) is 0. The van der Waals surface area contributed by atoms with E-state index in [1.807, 2.05) is 0 Å². The van der Waals surface area contributed by atoms with Crippen molar-refractivity contribution >= 4 is 22.4 Å². The van der Waals surface area contributed by atoms with Gasteiger partial charge in [0.1, 0.15) is 12.0 Å². The largest absolute Gasteiger partial charge is 0.378 e. The van der Waals surface area contributed by atoms with E-state index in [2.05, 4.69) is 108 Å². The van der Waals surface area contributed by atoms with Crippen LogP contribution in [-0.2, 0) is 0 Å². The van der Waals surface area contributed by atoms with Gasteiger partial charge in [-0.3, -0.25) is 4.57 Å². The predicted octanol–water partition coefficient (Wildman–Crippen LogP) is 4.77. The van der Waals surface area contributed by atoms with Crippen molar-refractivity contribution < 1.29 is 0 Å². The molecule has 0 amide bonds. The van der Waals surface area contributed by atoms with Gasteiger partial charge in [-0.05, 0) is 42.0 Å². The first-order valence-corrected chi connectivity index (χ1v) is 9.21. The molecule has 4 nitrogen and oxygen atoms in total. The third-order valence-corrected chi connectivity index (χ3v) is 5.44. The summed E-state index contributed by atoms with van der Waals surface area (Å²) in [6, 6.07) is 25.7. The molecule has 5 rings (SSSR count). The zero-order valence-corrected chi connectivity index (χ0v) is 15.8. The monoisotopic (exact) mass is 354 g/mol. The topological polar surface area (TPSA) is 24.3 Å². The van der Waals surface area contributed by atoms with Crippen LogP contribution in [-0.4, -0.2) is 30.7 Å².